The van der Waals surface area contributed by atoms with Crippen LogP contribution in [0.5, 0.6) is 0 Å². The molecule has 0 saturated carbocycles. The molecule has 0 heterocycles. The molecule has 3 aromatic carbocycles. The van der Waals surface area contributed by atoms with Crippen molar-refractivity contribution in [3.05, 3.63) is 89.5 Å². The minimum absolute atomic E-state index is 0.301. The molecule has 0 atom stereocenters. The fraction of sp³-hybridized carbons (Fsp3) is 0. The maximum absolute atomic E-state index is 13.2. The summed E-state index contributed by atoms with van der Waals surface area (Å²) in [5.74, 6) is -2.10. The molecule has 7 heteroatoms. The van der Waals surface area contributed by atoms with Crippen molar-refractivity contribution in [1.29, 1.82) is 5.26 Å². The molecular formula is C20H13F2N3OS. The van der Waals surface area contributed by atoms with E-state index in [0.717, 1.165) is 24.1 Å². The number of amides is 1. The van der Waals surface area contributed by atoms with Gasteiger partial charge >= 0.3 is 0 Å². The summed E-state index contributed by atoms with van der Waals surface area (Å²) in [4.78, 5) is 12.8. The second-order valence-electron chi connectivity index (χ2n) is 5.50. The highest BCUT2D eigenvalue weighted by atomic mass is 32.2. The van der Waals surface area contributed by atoms with Crippen molar-refractivity contribution in [2.45, 2.75) is 4.90 Å². The van der Waals surface area contributed by atoms with E-state index in [-0.39, 0.29) is 5.91 Å². The van der Waals surface area contributed by atoms with Crippen molar-refractivity contribution >= 4 is 29.2 Å². The molecule has 2 N–H and O–H groups in total. The predicted octanol–water partition coefficient (Wildman–Crippen LogP) is 5.21. The predicted molar refractivity (Wildman–Crippen MR) is 101 cm³/mol. The molecule has 0 bridgehead atoms. The fourth-order valence-corrected chi connectivity index (χ4v) is 2.89. The number of hydrogen-bond acceptors (Lipinski definition) is 4. The van der Waals surface area contributed by atoms with Gasteiger partial charge in [-0.3, -0.25) is 4.79 Å². The van der Waals surface area contributed by atoms with E-state index in [2.05, 4.69) is 10.0 Å². The number of carbonyl (C=O) groups excluding carboxylic acids is 1. The standard InChI is InChI=1S/C20H13F2N3OS/c21-18-9-8-17(11-19(18)22)27-25-15-6-4-14(5-7-15)20(26)24-16-3-1-2-13(10-16)12-23/h1-11,25H,(H,24,26). The van der Waals surface area contributed by atoms with E-state index >= 15 is 0 Å². The van der Waals surface area contributed by atoms with Gasteiger partial charge in [-0.2, -0.15) is 5.26 Å². The Kier molecular flexibility index (Phi) is 5.69. The molecule has 0 fully saturated rings. The summed E-state index contributed by atoms with van der Waals surface area (Å²) in [7, 11) is 0. The van der Waals surface area contributed by atoms with E-state index in [1.807, 2.05) is 6.07 Å². The number of benzene rings is 3. The van der Waals surface area contributed by atoms with Gasteiger partial charge in [-0.05, 0) is 72.6 Å². The van der Waals surface area contributed by atoms with E-state index in [4.69, 9.17) is 5.26 Å². The molecular weight excluding hydrogens is 368 g/mol. The third-order valence-electron chi connectivity index (χ3n) is 3.57. The first-order chi connectivity index (χ1) is 13.0. The monoisotopic (exact) mass is 381 g/mol. The van der Waals surface area contributed by atoms with Crippen molar-refractivity contribution in [1.82, 2.24) is 0 Å². The number of hydrogen-bond donors (Lipinski definition) is 2. The summed E-state index contributed by atoms with van der Waals surface area (Å²) in [6.07, 6.45) is 0. The SMILES string of the molecule is N#Cc1cccc(NC(=O)c2ccc(NSc3ccc(F)c(F)c3)cc2)c1. The van der Waals surface area contributed by atoms with Crippen LogP contribution in [0.1, 0.15) is 15.9 Å². The lowest BCUT2D eigenvalue weighted by atomic mass is 10.1. The van der Waals surface area contributed by atoms with Crippen molar-refractivity contribution in [2.24, 2.45) is 0 Å². The quantitative estimate of drug-likeness (QED) is 0.596. The Bertz CT molecular complexity index is 1020. The second-order valence-corrected chi connectivity index (χ2v) is 6.38. The van der Waals surface area contributed by atoms with Gasteiger partial charge in [0, 0.05) is 21.8 Å². The highest BCUT2D eigenvalue weighted by Crippen LogP contribution is 2.23. The molecule has 3 rings (SSSR count). The molecule has 0 aliphatic carbocycles. The van der Waals surface area contributed by atoms with Crippen LogP contribution in [0.25, 0.3) is 0 Å². The molecule has 3 aromatic rings. The van der Waals surface area contributed by atoms with E-state index < -0.39 is 11.6 Å². The highest BCUT2D eigenvalue weighted by molar-refractivity contribution is 8.00. The number of carbonyl (C=O) groups is 1. The van der Waals surface area contributed by atoms with Crippen LogP contribution in [0.15, 0.2) is 71.6 Å². The summed E-state index contributed by atoms with van der Waals surface area (Å²) < 4.78 is 29.1. The summed E-state index contributed by atoms with van der Waals surface area (Å²) in [6.45, 7) is 0. The van der Waals surface area contributed by atoms with E-state index in [0.29, 0.717) is 27.4 Å². The first-order valence-corrected chi connectivity index (χ1v) is 8.66. The normalized spacial score (nSPS) is 10.1. The average Bonchev–Trinajstić information content (AvgIpc) is 2.69. The first kappa shape index (κ1) is 18.4. The molecule has 134 valence electrons. The maximum atomic E-state index is 13.2. The Morgan fingerprint density at radius 1 is 0.926 bits per heavy atom. The van der Waals surface area contributed by atoms with Crippen molar-refractivity contribution in [3.8, 4) is 6.07 Å². The first-order valence-electron chi connectivity index (χ1n) is 7.84. The van der Waals surface area contributed by atoms with E-state index in [1.165, 1.54) is 6.07 Å². The number of nitrogens with one attached hydrogen (secondary N) is 2. The van der Waals surface area contributed by atoms with Gasteiger partial charge in [-0.25, -0.2) is 8.78 Å². The lowest BCUT2D eigenvalue weighted by molar-refractivity contribution is 0.102. The Balaban J connectivity index is 1.61. The minimum atomic E-state index is -0.908. The maximum Gasteiger partial charge on any atom is 0.255 e. The lowest BCUT2D eigenvalue weighted by Crippen LogP contribution is -2.11. The van der Waals surface area contributed by atoms with Crippen LogP contribution in [-0.4, -0.2) is 5.91 Å². The third-order valence-corrected chi connectivity index (χ3v) is 4.40. The topological polar surface area (TPSA) is 64.9 Å². The van der Waals surface area contributed by atoms with Crippen molar-refractivity contribution in [2.75, 3.05) is 10.0 Å². The van der Waals surface area contributed by atoms with Crippen LogP contribution >= 0.6 is 11.9 Å². The Morgan fingerprint density at radius 3 is 2.41 bits per heavy atom. The second kappa shape index (κ2) is 8.34. The van der Waals surface area contributed by atoms with Crippen LogP contribution in [0.2, 0.25) is 0 Å². The van der Waals surface area contributed by atoms with Gasteiger partial charge in [0.05, 0.1) is 11.6 Å². The van der Waals surface area contributed by atoms with Gasteiger partial charge in [0.2, 0.25) is 0 Å². The van der Waals surface area contributed by atoms with Crippen LogP contribution < -0.4 is 10.0 Å². The summed E-state index contributed by atoms with van der Waals surface area (Å²) in [6, 6.07) is 19.0. The molecule has 0 radical (unpaired) electrons. The summed E-state index contributed by atoms with van der Waals surface area (Å²) in [5, 5.41) is 11.6. The van der Waals surface area contributed by atoms with Gasteiger partial charge in [0.25, 0.3) is 5.91 Å². The fourth-order valence-electron chi connectivity index (χ4n) is 2.22. The van der Waals surface area contributed by atoms with Gasteiger partial charge in [-0.15, -0.1) is 0 Å². The summed E-state index contributed by atoms with van der Waals surface area (Å²) >= 11 is 1.13. The Morgan fingerprint density at radius 2 is 1.70 bits per heavy atom. The Hall–Kier alpha value is -3.37. The van der Waals surface area contributed by atoms with Gasteiger partial charge in [0.15, 0.2) is 11.6 Å². The molecule has 1 amide bonds. The molecule has 4 nitrogen and oxygen atoms in total. The zero-order valence-electron chi connectivity index (χ0n) is 13.9. The smallest absolute Gasteiger partial charge is 0.255 e. The number of nitrogens with zero attached hydrogens (tertiary/aromatic N) is 1. The number of halogens is 2. The zero-order valence-corrected chi connectivity index (χ0v) is 14.7. The van der Waals surface area contributed by atoms with E-state index in [1.54, 1.807) is 48.5 Å². The molecule has 0 aliphatic heterocycles. The van der Waals surface area contributed by atoms with Gasteiger partial charge in [0.1, 0.15) is 0 Å². The van der Waals surface area contributed by atoms with Crippen LogP contribution in [0.3, 0.4) is 0 Å². The molecule has 0 unspecified atom stereocenters. The largest absolute Gasteiger partial charge is 0.326 e. The Labute approximate surface area is 159 Å². The molecule has 0 aromatic heterocycles. The van der Waals surface area contributed by atoms with Gasteiger partial charge in [-0.1, -0.05) is 6.07 Å². The van der Waals surface area contributed by atoms with Crippen molar-refractivity contribution in [3.63, 3.8) is 0 Å². The molecule has 0 spiro atoms. The average molecular weight is 381 g/mol. The third kappa shape index (κ3) is 4.84. The molecule has 27 heavy (non-hydrogen) atoms. The highest BCUT2D eigenvalue weighted by Gasteiger charge is 2.07. The van der Waals surface area contributed by atoms with Crippen LogP contribution in [0.4, 0.5) is 20.2 Å². The zero-order chi connectivity index (χ0) is 19.2. The van der Waals surface area contributed by atoms with Gasteiger partial charge < -0.3 is 10.0 Å². The number of nitriles is 1. The number of rotatable bonds is 5. The van der Waals surface area contributed by atoms with Crippen molar-refractivity contribution < 1.29 is 13.6 Å². The van der Waals surface area contributed by atoms with Crippen LogP contribution in [0, 0.1) is 23.0 Å². The summed E-state index contributed by atoms with van der Waals surface area (Å²) in [5.41, 5.74) is 2.14. The minimum Gasteiger partial charge on any atom is -0.326 e. The van der Waals surface area contributed by atoms with E-state index in [9.17, 15) is 13.6 Å². The lowest BCUT2D eigenvalue weighted by Gasteiger charge is -2.08. The molecule has 0 aliphatic rings. The van der Waals surface area contributed by atoms with Crippen LogP contribution in [-0.2, 0) is 0 Å². The molecule has 0 saturated heterocycles. The number of anilines is 2.